The van der Waals surface area contributed by atoms with Gasteiger partial charge in [-0.1, -0.05) is 17.8 Å². The summed E-state index contributed by atoms with van der Waals surface area (Å²) < 4.78 is 36.6. The van der Waals surface area contributed by atoms with Crippen LogP contribution >= 0.6 is 11.8 Å². The Morgan fingerprint density at radius 1 is 1.06 bits per heavy atom. The van der Waals surface area contributed by atoms with Gasteiger partial charge in [0.25, 0.3) is 5.91 Å². The number of carbonyl (C=O) groups is 1. The quantitative estimate of drug-likeness (QED) is 0.736. The van der Waals surface area contributed by atoms with E-state index in [1.807, 2.05) is 23.1 Å². The molecule has 0 unspecified atom stereocenters. The van der Waals surface area contributed by atoms with Gasteiger partial charge in [0.05, 0.1) is 17.5 Å². The molecule has 0 spiro atoms. The minimum Gasteiger partial charge on any atom is -0.368 e. The first-order valence-electron chi connectivity index (χ1n) is 10.5. The first kappa shape index (κ1) is 21.3. The van der Waals surface area contributed by atoms with Gasteiger partial charge in [0.2, 0.25) is 0 Å². The van der Waals surface area contributed by atoms with Crippen molar-refractivity contribution in [2.75, 3.05) is 47.9 Å². The molecule has 3 aliphatic rings. The van der Waals surface area contributed by atoms with Gasteiger partial charge in [0, 0.05) is 48.4 Å². The number of rotatable bonds is 3. The molecule has 10 heteroatoms. The van der Waals surface area contributed by atoms with Crippen LogP contribution in [0.1, 0.15) is 10.4 Å². The molecule has 3 aliphatic heterocycles. The summed E-state index contributed by atoms with van der Waals surface area (Å²) in [6.45, 7) is 2.56. The Kier molecular flexibility index (Phi) is 5.58. The normalized spacial score (nSPS) is 24.2. The van der Waals surface area contributed by atoms with E-state index in [9.17, 15) is 17.6 Å². The van der Waals surface area contributed by atoms with Crippen LogP contribution in [-0.4, -0.2) is 73.4 Å². The highest BCUT2D eigenvalue weighted by Gasteiger charge is 2.42. The first-order valence-corrected chi connectivity index (χ1v) is 13.2. The van der Waals surface area contributed by atoms with Crippen molar-refractivity contribution in [3.63, 3.8) is 0 Å². The molecular formula is C22H23FN4O3S2. The molecule has 1 N–H and O–H groups in total. The van der Waals surface area contributed by atoms with Gasteiger partial charge in [-0.15, -0.1) is 0 Å². The molecule has 5 rings (SSSR count). The number of piperazine rings is 1. The Hall–Kier alpha value is -2.59. The molecule has 0 radical (unpaired) electrons. The molecule has 3 heterocycles. The van der Waals surface area contributed by atoms with Gasteiger partial charge in [-0.05, 0) is 42.5 Å². The van der Waals surface area contributed by atoms with Gasteiger partial charge >= 0.3 is 0 Å². The number of nitrogens with zero attached hydrogens (tertiary/aromatic N) is 3. The smallest absolute Gasteiger partial charge is 0.254 e. The summed E-state index contributed by atoms with van der Waals surface area (Å²) in [5.41, 5.74) is 2.31. The van der Waals surface area contributed by atoms with Crippen molar-refractivity contribution in [3.8, 4) is 0 Å². The second kappa shape index (κ2) is 8.40. The van der Waals surface area contributed by atoms with Gasteiger partial charge in [-0.25, -0.2) is 12.8 Å². The van der Waals surface area contributed by atoms with E-state index in [2.05, 4.69) is 15.2 Å². The summed E-state index contributed by atoms with van der Waals surface area (Å²) >= 11 is 1.46. The fraction of sp³-hybridized carbons (Fsp3) is 0.364. The number of anilines is 2. The maximum absolute atomic E-state index is 13.2. The SMILES string of the molecule is O=C(c1cccc(NC2=N[C@@H]3CS(=O)(=O)C[C@H]3S2)c1)N1CCN(c2ccc(F)cc2)CC1. The van der Waals surface area contributed by atoms with E-state index in [-0.39, 0.29) is 34.5 Å². The third-order valence-corrected chi connectivity index (χ3v) is 9.08. The number of sulfone groups is 1. The molecule has 32 heavy (non-hydrogen) atoms. The average molecular weight is 475 g/mol. The lowest BCUT2D eigenvalue weighted by Gasteiger charge is -2.36. The van der Waals surface area contributed by atoms with E-state index < -0.39 is 9.84 Å². The highest BCUT2D eigenvalue weighted by molar-refractivity contribution is 8.15. The summed E-state index contributed by atoms with van der Waals surface area (Å²) in [5, 5.41) is 3.91. The second-order valence-corrected chi connectivity index (χ2v) is 11.6. The van der Waals surface area contributed by atoms with Gasteiger partial charge in [-0.2, -0.15) is 0 Å². The molecular weight excluding hydrogens is 451 g/mol. The zero-order chi connectivity index (χ0) is 22.3. The fourth-order valence-electron chi connectivity index (χ4n) is 4.27. The van der Waals surface area contributed by atoms with Crippen LogP contribution in [0.2, 0.25) is 0 Å². The van der Waals surface area contributed by atoms with Crippen LogP contribution in [0.25, 0.3) is 0 Å². The number of hydrogen-bond donors (Lipinski definition) is 1. The van der Waals surface area contributed by atoms with Crippen molar-refractivity contribution < 1.29 is 17.6 Å². The summed E-state index contributed by atoms with van der Waals surface area (Å²) in [6.07, 6.45) is 0. The van der Waals surface area contributed by atoms with E-state index in [0.29, 0.717) is 36.9 Å². The molecule has 2 atom stereocenters. The standard InChI is InChI=1S/C22H23FN4O3S2/c23-16-4-6-18(7-5-16)26-8-10-27(11-9-26)21(28)15-2-1-3-17(12-15)24-22-25-19-13-32(29,30)14-20(19)31-22/h1-7,12,19-20H,8-11,13-14H2,(H,24,25)/t19-,20-/m1/s1. The predicted molar refractivity (Wildman–Crippen MR) is 126 cm³/mol. The van der Waals surface area contributed by atoms with E-state index in [1.165, 1.54) is 23.9 Å². The number of amides is 1. The van der Waals surface area contributed by atoms with E-state index in [1.54, 1.807) is 18.2 Å². The van der Waals surface area contributed by atoms with Gasteiger partial charge in [-0.3, -0.25) is 9.79 Å². The van der Waals surface area contributed by atoms with Crippen molar-refractivity contribution in [1.29, 1.82) is 0 Å². The molecule has 2 aromatic carbocycles. The first-order chi connectivity index (χ1) is 15.4. The van der Waals surface area contributed by atoms with Crippen molar-refractivity contribution in [1.82, 2.24) is 4.90 Å². The maximum Gasteiger partial charge on any atom is 0.254 e. The second-order valence-electron chi connectivity index (χ2n) is 8.20. The van der Waals surface area contributed by atoms with Gasteiger partial charge < -0.3 is 15.1 Å². The van der Waals surface area contributed by atoms with Crippen LogP contribution in [0.15, 0.2) is 53.5 Å². The van der Waals surface area contributed by atoms with Crippen LogP contribution < -0.4 is 10.2 Å². The molecule has 2 fully saturated rings. The number of benzene rings is 2. The number of carbonyl (C=O) groups excluding carboxylic acids is 1. The molecule has 1 amide bonds. The van der Waals surface area contributed by atoms with Crippen LogP contribution in [0.5, 0.6) is 0 Å². The predicted octanol–water partition coefficient (Wildman–Crippen LogP) is 2.47. The van der Waals surface area contributed by atoms with Crippen LogP contribution in [0.3, 0.4) is 0 Å². The van der Waals surface area contributed by atoms with Crippen LogP contribution in [0, 0.1) is 5.82 Å². The Labute approximate surface area is 190 Å². The summed E-state index contributed by atoms with van der Waals surface area (Å²) in [5.74, 6) is -0.0137. The summed E-state index contributed by atoms with van der Waals surface area (Å²) in [7, 11) is -2.98. The number of thioether (sulfide) groups is 1. The zero-order valence-corrected chi connectivity index (χ0v) is 18.9. The molecule has 7 nitrogen and oxygen atoms in total. The van der Waals surface area contributed by atoms with Gasteiger partial charge in [0.15, 0.2) is 15.0 Å². The number of fused-ring (bicyclic) bond motifs is 1. The highest BCUT2D eigenvalue weighted by atomic mass is 32.2. The van der Waals surface area contributed by atoms with E-state index in [4.69, 9.17) is 0 Å². The molecule has 0 bridgehead atoms. The number of amidine groups is 1. The monoisotopic (exact) mass is 474 g/mol. The molecule has 2 aromatic rings. The van der Waals surface area contributed by atoms with Crippen molar-refractivity contribution in [2.24, 2.45) is 4.99 Å². The molecule has 0 aliphatic carbocycles. The summed E-state index contributed by atoms with van der Waals surface area (Å²) in [4.78, 5) is 21.5. The van der Waals surface area contributed by atoms with Crippen molar-refractivity contribution in [2.45, 2.75) is 11.3 Å². The maximum atomic E-state index is 13.2. The van der Waals surface area contributed by atoms with Gasteiger partial charge in [0.1, 0.15) is 5.82 Å². The van der Waals surface area contributed by atoms with E-state index in [0.717, 1.165) is 11.4 Å². The topological polar surface area (TPSA) is 82.1 Å². The number of halogens is 1. The third kappa shape index (κ3) is 4.47. The van der Waals surface area contributed by atoms with Crippen LogP contribution in [0.4, 0.5) is 15.8 Å². The Morgan fingerprint density at radius 3 is 2.53 bits per heavy atom. The number of nitrogens with one attached hydrogen (secondary N) is 1. The average Bonchev–Trinajstić information content (AvgIpc) is 3.26. The molecule has 2 saturated heterocycles. The molecule has 0 saturated carbocycles. The molecule has 0 aromatic heterocycles. The minimum absolute atomic E-state index is 0.0234. The largest absolute Gasteiger partial charge is 0.368 e. The minimum atomic E-state index is -2.98. The highest BCUT2D eigenvalue weighted by Crippen LogP contribution is 2.34. The zero-order valence-electron chi connectivity index (χ0n) is 17.3. The lowest BCUT2D eigenvalue weighted by Crippen LogP contribution is -2.48. The van der Waals surface area contributed by atoms with Crippen LogP contribution in [-0.2, 0) is 9.84 Å². The Bertz CT molecular complexity index is 1160. The lowest BCUT2D eigenvalue weighted by atomic mass is 10.1. The van der Waals surface area contributed by atoms with Crippen molar-refractivity contribution in [3.05, 3.63) is 59.9 Å². The number of aliphatic imine (C=N–C) groups is 1. The van der Waals surface area contributed by atoms with Crippen molar-refractivity contribution >= 4 is 44.0 Å². The lowest BCUT2D eigenvalue weighted by molar-refractivity contribution is 0.0747. The number of hydrogen-bond acceptors (Lipinski definition) is 7. The third-order valence-electron chi connectivity index (χ3n) is 5.94. The van der Waals surface area contributed by atoms with E-state index >= 15 is 0 Å². The molecule has 168 valence electrons. The summed E-state index contributed by atoms with van der Waals surface area (Å²) in [6, 6.07) is 13.5. The Morgan fingerprint density at radius 2 is 1.81 bits per heavy atom. The fourth-order valence-corrected chi connectivity index (χ4v) is 7.95. The Balaban J connectivity index is 1.20.